The lowest BCUT2D eigenvalue weighted by molar-refractivity contribution is 0.0675. The smallest absolute Gasteiger partial charge is 0.0509 e. The van der Waals surface area contributed by atoms with Crippen molar-refractivity contribution in [1.82, 2.24) is 0 Å². The standard InChI is InChI=1S/C11H23NO/c1-3-6-13-8-10-7-9(2)4-5-11(10)12/h9-11H,3-8,12H2,1-2H3. The molecule has 0 aromatic rings. The average molecular weight is 185 g/mol. The van der Waals surface area contributed by atoms with Gasteiger partial charge in [-0.3, -0.25) is 0 Å². The molecule has 0 bridgehead atoms. The van der Waals surface area contributed by atoms with Crippen LogP contribution < -0.4 is 5.73 Å². The molecule has 2 heteroatoms. The maximum atomic E-state index is 6.04. The number of hydrogen-bond donors (Lipinski definition) is 1. The van der Waals surface area contributed by atoms with Crippen LogP contribution in [0.3, 0.4) is 0 Å². The lowest BCUT2D eigenvalue weighted by Gasteiger charge is -2.32. The Morgan fingerprint density at radius 3 is 2.85 bits per heavy atom. The molecule has 0 saturated heterocycles. The normalized spacial score (nSPS) is 34.8. The molecule has 1 aliphatic carbocycles. The minimum atomic E-state index is 0.382. The number of ether oxygens (including phenoxy) is 1. The van der Waals surface area contributed by atoms with Crippen molar-refractivity contribution < 1.29 is 4.74 Å². The number of nitrogens with two attached hydrogens (primary N) is 1. The minimum absolute atomic E-state index is 0.382. The van der Waals surface area contributed by atoms with E-state index < -0.39 is 0 Å². The summed E-state index contributed by atoms with van der Waals surface area (Å²) in [6, 6.07) is 0.382. The topological polar surface area (TPSA) is 35.2 Å². The van der Waals surface area contributed by atoms with Gasteiger partial charge in [0.15, 0.2) is 0 Å². The molecule has 0 spiro atoms. The molecule has 1 saturated carbocycles. The highest BCUT2D eigenvalue weighted by Gasteiger charge is 2.25. The molecule has 0 aromatic carbocycles. The average Bonchev–Trinajstić information content (AvgIpc) is 2.11. The summed E-state index contributed by atoms with van der Waals surface area (Å²) in [6.45, 7) is 6.22. The molecule has 0 aliphatic heterocycles. The van der Waals surface area contributed by atoms with E-state index in [0.717, 1.165) is 25.6 Å². The van der Waals surface area contributed by atoms with E-state index in [1.807, 2.05) is 0 Å². The molecule has 2 nitrogen and oxygen atoms in total. The van der Waals surface area contributed by atoms with E-state index in [-0.39, 0.29) is 0 Å². The summed E-state index contributed by atoms with van der Waals surface area (Å²) in [4.78, 5) is 0. The summed E-state index contributed by atoms with van der Waals surface area (Å²) in [5, 5.41) is 0. The Kier molecular flexibility index (Phi) is 4.74. The Bertz CT molecular complexity index is 138. The second-order valence-electron chi connectivity index (χ2n) is 4.42. The first-order valence-electron chi connectivity index (χ1n) is 5.57. The Hall–Kier alpha value is -0.0800. The zero-order valence-electron chi connectivity index (χ0n) is 8.96. The summed E-state index contributed by atoms with van der Waals surface area (Å²) in [7, 11) is 0. The van der Waals surface area contributed by atoms with Crippen LogP contribution in [0.1, 0.15) is 39.5 Å². The molecular weight excluding hydrogens is 162 g/mol. The third kappa shape index (κ3) is 3.65. The quantitative estimate of drug-likeness (QED) is 0.681. The van der Waals surface area contributed by atoms with E-state index in [4.69, 9.17) is 10.5 Å². The molecule has 1 fully saturated rings. The number of rotatable bonds is 4. The van der Waals surface area contributed by atoms with Gasteiger partial charge < -0.3 is 10.5 Å². The van der Waals surface area contributed by atoms with Gasteiger partial charge in [0.25, 0.3) is 0 Å². The van der Waals surface area contributed by atoms with Crippen LogP contribution in [0.2, 0.25) is 0 Å². The van der Waals surface area contributed by atoms with Gasteiger partial charge in [-0.2, -0.15) is 0 Å². The van der Waals surface area contributed by atoms with Gasteiger partial charge in [-0.1, -0.05) is 13.8 Å². The largest absolute Gasteiger partial charge is 0.381 e. The predicted molar refractivity (Wildman–Crippen MR) is 55.6 cm³/mol. The van der Waals surface area contributed by atoms with Crippen LogP contribution in [-0.2, 0) is 4.74 Å². The summed E-state index contributed by atoms with van der Waals surface area (Å²) in [5.74, 6) is 1.45. The molecule has 13 heavy (non-hydrogen) atoms. The van der Waals surface area contributed by atoms with Crippen molar-refractivity contribution in [2.45, 2.75) is 45.6 Å². The maximum absolute atomic E-state index is 6.04. The first kappa shape index (κ1) is 11.0. The lowest BCUT2D eigenvalue weighted by Crippen LogP contribution is -2.38. The van der Waals surface area contributed by atoms with Crippen molar-refractivity contribution in [1.29, 1.82) is 0 Å². The van der Waals surface area contributed by atoms with Crippen LogP contribution in [0, 0.1) is 11.8 Å². The van der Waals surface area contributed by atoms with Crippen LogP contribution in [0.5, 0.6) is 0 Å². The van der Waals surface area contributed by atoms with Gasteiger partial charge in [0.05, 0.1) is 6.61 Å². The van der Waals surface area contributed by atoms with Gasteiger partial charge in [-0.25, -0.2) is 0 Å². The Morgan fingerprint density at radius 2 is 2.15 bits per heavy atom. The number of hydrogen-bond acceptors (Lipinski definition) is 2. The molecule has 2 N–H and O–H groups in total. The van der Waals surface area contributed by atoms with Gasteiger partial charge in [0, 0.05) is 12.6 Å². The molecule has 78 valence electrons. The Balaban J connectivity index is 2.21. The first-order chi connectivity index (χ1) is 6.24. The van der Waals surface area contributed by atoms with Crippen LogP contribution in [0.4, 0.5) is 0 Å². The fourth-order valence-electron chi connectivity index (χ4n) is 2.09. The van der Waals surface area contributed by atoms with Crippen LogP contribution in [-0.4, -0.2) is 19.3 Å². The zero-order valence-corrected chi connectivity index (χ0v) is 8.96. The van der Waals surface area contributed by atoms with Gasteiger partial charge >= 0.3 is 0 Å². The second-order valence-corrected chi connectivity index (χ2v) is 4.42. The van der Waals surface area contributed by atoms with Crippen LogP contribution in [0.15, 0.2) is 0 Å². The molecule has 1 aliphatic rings. The first-order valence-corrected chi connectivity index (χ1v) is 5.57. The van der Waals surface area contributed by atoms with Gasteiger partial charge in [0.1, 0.15) is 0 Å². The SMILES string of the molecule is CCCOCC1CC(C)CCC1N. The van der Waals surface area contributed by atoms with E-state index >= 15 is 0 Å². The molecule has 3 unspecified atom stereocenters. The molecule has 0 heterocycles. The van der Waals surface area contributed by atoms with E-state index in [0.29, 0.717) is 12.0 Å². The van der Waals surface area contributed by atoms with Gasteiger partial charge in [0.2, 0.25) is 0 Å². The van der Waals surface area contributed by atoms with Crippen molar-refractivity contribution >= 4 is 0 Å². The van der Waals surface area contributed by atoms with E-state index in [2.05, 4.69) is 13.8 Å². The van der Waals surface area contributed by atoms with Gasteiger partial charge in [-0.15, -0.1) is 0 Å². The van der Waals surface area contributed by atoms with Crippen LogP contribution >= 0.6 is 0 Å². The van der Waals surface area contributed by atoms with Crippen molar-refractivity contribution in [3.05, 3.63) is 0 Å². The second kappa shape index (κ2) is 5.61. The summed E-state index contributed by atoms with van der Waals surface area (Å²) >= 11 is 0. The summed E-state index contributed by atoms with van der Waals surface area (Å²) < 4.78 is 5.56. The van der Waals surface area contributed by atoms with Crippen molar-refractivity contribution in [2.24, 2.45) is 17.6 Å². The fraction of sp³-hybridized carbons (Fsp3) is 1.00. The predicted octanol–water partition coefficient (Wildman–Crippen LogP) is 2.18. The molecule has 1 rings (SSSR count). The highest BCUT2D eigenvalue weighted by atomic mass is 16.5. The summed E-state index contributed by atoms with van der Waals surface area (Å²) in [5.41, 5.74) is 6.04. The van der Waals surface area contributed by atoms with Crippen molar-refractivity contribution in [3.8, 4) is 0 Å². The molecule has 3 atom stereocenters. The van der Waals surface area contributed by atoms with Crippen molar-refractivity contribution in [2.75, 3.05) is 13.2 Å². The Morgan fingerprint density at radius 1 is 1.38 bits per heavy atom. The summed E-state index contributed by atoms with van der Waals surface area (Å²) in [6.07, 6.45) is 4.84. The third-order valence-corrected chi connectivity index (χ3v) is 2.98. The van der Waals surface area contributed by atoms with Gasteiger partial charge in [-0.05, 0) is 37.5 Å². The van der Waals surface area contributed by atoms with E-state index in [1.165, 1.54) is 19.3 Å². The molecule has 0 amide bonds. The van der Waals surface area contributed by atoms with Crippen molar-refractivity contribution in [3.63, 3.8) is 0 Å². The highest BCUT2D eigenvalue weighted by molar-refractivity contribution is 4.80. The zero-order chi connectivity index (χ0) is 9.68. The Labute approximate surface area is 81.8 Å². The monoisotopic (exact) mass is 185 g/mol. The molecule has 0 aromatic heterocycles. The van der Waals surface area contributed by atoms with Crippen LogP contribution in [0.25, 0.3) is 0 Å². The highest BCUT2D eigenvalue weighted by Crippen LogP contribution is 2.27. The van der Waals surface area contributed by atoms with E-state index in [1.54, 1.807) is 0 Å². The van der Waals surface area contributed by atoms with E-state index in [9.17, 15) is 0 Å². The molecular formula is C11H23NO. The lowest BCUT2D eigenvalue weighted by atomic mass is 9.80. The maximum Gasteiger partial charge on any atom is 0.0509 e. The minimum Gasteiger partial charge on any atom is -0.381 e. The fourth-order valence-corrected chi connectivity index (χ4v) is 2.09. The molecule has 0 radical (unpaired) electrons. The third-order valence-electron chi connectivity index (χ3n) is 2.98.